The van der Waals surface area contributed by atoms with Crippen LogP contribution in [0.15, 0.2) is 79.0 Å². The van der Waals surface area contributed by atoms with Crippen LogP contribution in [-0.2, 0) is 38.9 Å². The van der Waals surface area contributed by atoms with Gasteiger partial charge in [-0.1, -0.05) is 48.5 Å². The van der Waals surface area contributed by atoms with Crippen molar-refractivity contribution in [1.82, 2.24) is 9.88 Å². The van der Waals surface area contributed by atoms with Gasteiger partial charge in [0.1, 0.15) is 0 Å². The quantitative estimate of drug-likeness (QED) is 0.205. The van der Waals surface area contributed by atoms with Crippen molar-refractivity contribution in [1.29, 1.82) is 0 Å². The number of nitrogens with zero attached hydrogens (tertiary/aromatic N) is 1. The molecule has 1 aliphatic carbocycles. The summed E-state index contributed by atoms with van der Waals surface area (Å²) in [5.74, 6) is -0.366. The second kappa shape index (κ2) is 11.5. The molecule has 0 spiro atoms. The van der Waals surface area contributed by atoms with Crippen LogP contribution in [0, 0.1) is 0 Å². The zero-order valence-corrected chi connectivity index (χ0v) is 23.0. The van der Waals surface area contributed by atoms with Crippen molar-refractivity contribution >= 4 is 38.7 Å². The van der Waals surface area contributed by atoms with Crippen molar-refractivity contribution in [2.45, 2.75) is 31.8 Å². The Labute approximate surface area is 229 Å². The highest BCUT2D eigenvalue weighted by atomic mass is 32.2. The summed E-state index contributed by atoms with van der Waals surface area (Å²) in [6, 6.07) is 22.6. The van der Waals surface area contributed by atoms with E-state index < -0.39 is 10.0 Å². The lowest BCUT2D eigenvalue weighted by molar-refractivity contribution is -0.134. The molecule has 8 heteroatoms. The zero-order valence-electron chi connectivity index (χ0n) is 22.2. The van der Waals surface area contributed by atoms with Crippen LogP contribution < -0.4 is 4.72 Å². The number of nitrogens with one attached hydrogen (secondary N) is 2. The number of aryl methyl sites for hydroxylation is 1. The summed E-state index contributed by atoms with van der Waals surface area (Å²) in [4.78, 5) is 17.4. The van der Waals surface area contributed by atoms with E-state index in [0.29, 0.717) is 5.69 Å². The van der Waals surface area contributed by atoms with Crippen LogP contribution in [-0.4, -0.2) is 44.2 Å². The van der Waals surface area contributed by atoms with Crippen LogP contribution in [0.4, 0.5) is 5.69 Å². The first-order valence-electron chi connectivity index (χ1n) is 13.0. The molecule has 1 aliphatic rings. The maximum Gasteiger partial charge on any atom is 0.330 e. The van der Waals surface area contributed by atoms with Crippen molar-refractivity contribution in [3.8, 4) is 0 Å². The first kappa shape index (κ1) is 26.7. The van der Waals surface area contributed by atoms with Gasteiger partial charge in [0.25, 0.3) is 0 Å². The van der Waals surface area contributed by atoms with Crippen LogP contribution in [0.1, 0.15) is 40.3 Å². The van der Waals surface area contributed by atoms with Crippen LogP contribution in [0.25, 0.3) is 17.0 Å². The number of hydrogen-bond donors (Lipinski definition) is 2. The Morgan fingerprint density at radius 1 is 1.13 bits per heavy atom. The number of fused-ring (bicyclic) bond motifs is 2. The Balaban J connectivity index is 1.39. The molecule has 0 fully saturated rings. The van der Waals surface area contributed by atoms with E-state index in [9.17, 15) is 13.2 Å². The number of esters is 1. The molecule has 0 saturated heterocycles. The fourth-order valence-corrected chi connectivity index (χ4v) is 5.97. The van der Waals surface area contributed by atoms with Gasteiger partial charge in [-0.05, 0) is 71.4 Å². The first-order chi connectivity index (χ1) is 18.8. The lowest BCUT2D eigenvalue weighted by atomic mass is 10.0. The minimum atomic E-state index is -3.32. The number of hydrogen-bond acceptors (Lipinski definition) is 5. The topological polar surface area (TPSA) is 91.5 Å². The van der Waals surface area contributed by atoms with Gasteiger partial charge >= 0.3 is 5.97 Å². The summed E-state index contributed by atoms with van der Waals surface area (Å²) < 4.78 is 30.5. The van der Waals surface area contributed by atoms with E-state index >= 15 is 0 Å². The molecular weight excluding hydrogens is 510 g/mol. The molecule has 0 bridgehead atoms. The standard InChI is InChI=1S/C31H33N3O4S/c1-38-31(35)16-10-22-9-14-28-24(19-22)11-15-30(28)34(18-17-25-20-32-29-6-4-3-5-27(25)29)21-23-7-12-26(13-8-23)33-39(2,36)37/h3-10,12-14,16,19-20,30,32-33H,11,15,17-18,21H2,1-2H3/b16-10+. The first-order valence-corrected chi connectivity index (χ1v) is 14.9. The molecular formula is C31H33N3O4S. The smallest absolute Gasteiger partial charge is 0.330 e. The number of H-pyrrole nitrogens is 1. The molecule has 0 saturated carbocycles. The molecule has 2 N–H and O–H groups in total. The molecule has 39 heavy (non-hydrogen) atoms. The van der Waals surface area contributed by atoms with E-state index in [1.807, 2.05) is 30.3 Å². The third kappa shape index (κ3) is 6.58. The van der Waals surface area contributed by atoms with Crippen LogP contribution in [0.3, 0.4) is 0 Å². The Hall–Kier alpha value is -3.88. The minimum absolute atomic E-state index is 0.262. The maximum absolute atomic E-state index is 11.6. The lowest BCUT2D eigenvalue weighted by Gasteiger charge is -2.30. The number of sulfonamides is 1. The number of ether oxygens (including phenoxy) is 1. The summed E-state index contributed by atoms with van der Waals surface area (Å²) >= 11 is 0. The highest BCUT2D eigenvalue weighted by Gasteiger charge is 2.28. The van der Waals surface area contributed by atoms with Gasteiger partial charge in [0, 0.05) is 48.0 Å². The number of aromatic nitrogens is 1. The molecule has 0 radical (unpaired) electrons. The lowest BCUT2D eigenvalue weighted by Crippen LogP contribution is -2.29. The highest BCUT2D eigenvalue weighted by molar-refractivity contribution is 7.92. The summed E-state index contributed by atoms with van der Waals surface area (Å²) in [6.45, 7) is 1.62. The average molecular weight is 544 g/mol. The summed E-state index contributed by atoms with van der Waals surface area (Å²) in [7, 11) is -1.94. The third-order valence-corrected chi connectivity index (χ3v) is 7.86. The van der Waals surface area contributed by atoms with Gasteiger partial charge in [0.05, 0.1) is 13.4 Å². The van der Waals surface area contributed by atoms with Gasteiger partial charge in [0.15, 0.2) is 0 Å². The number of anilines is 1. The summed E-state index contributed by atoms with van der Waals surface area (Å²) in [5.41, 5.74) is 7.73. The number of methoxy groups -OCH3 is 1. The van der Waals surface area contributed by atoms with Crippen molar-refractivity contribution in [2.75, 3.05) is 24.6 Å². The Kier molecular flexibility index (Phi) is 7.86. The van der Waals surface area contributed by atoms with Crippen LogP contribution in [0.2, 0.25) is 0 Å². The molecule has 4 aromatic rings. The second-order valence-corrected chi connectivity index (χ2v) is 11.8. The largest absolute Gasteiger partial charge is 0.466 e. The van der Waals surface area contributed by atoms with E-state index in [1.165, 1.54) is 35.3 Å². The van der Waals surface area contributed by atoms with Gasteiger partial charge in [-0.25, -0.2) is 13.2 Å². The molecule has 202 valence electrons. The number of benzene rings is 3. The SMILES string of the molecule is COC(=O)/C=C/c1ccc2c(c1)CCC2N(CCc1c[nH]c2ccccc12)Cc1ccc(NS(C)(=O)=O)cc1. The van der Waals surface area contributed by atoms with Gasteiger partial charge < -0.3 is 9.72 Å². The third-order valence-electron chi connectivity index (χ3n) is 7.25. The molecule has 3 aromatic carbocycles. The minimum Gasteiger partial charge on any atom is -0.466 e. The summed E-state index contributed by atoms with van der Waals surface area (Å²) in [6.07, 6.45) is 9.40. The normalized spacial score (nSPS) is 15.2. The fourth-order valence-electron chi connectivity index (χ4n) is 5.40. The van der Waals surface area contributed by atoms with E-state index in [4.69, 9.17) is 4.74 Å². The van der Waals surface area contributed by atoms with E-state index in [1.54, 1.807) is 6.08 Å². The fraction of sp³-hybridized carbons (Fsp3) is 0.258. The van der Waals surface area contributed by atoms with Gasteiger partial charge in [-0.2, -0.15) is 0 Å². The van der Waals surface area contributed by atoms with Crippen molar-refractivity contribution in [2.24, 2.45) is 0 Å². The highest BCUT2D eigenvalue weighted by Crippen LogP contribution is 2.37. The van der Waals surface area contributed by atoms with Crippen LogP contribution >= 0.6 is 0 Å². The predicted octanol–water partition coefficient (Wildman–Crippen LogP) is 5.46. The van der Waals surface area contributed by atoms with E-state index in [0.717, 1.165) is 55.3 Å². The maximum atomic E-state index is 11.6. The Bertz CT molecular complexity index is 1610. The zero-order chi connectivity index (χ0) is 27.4. The Morgan fingerprint density at radius 3 is 2.69 bits per heavy atom. The molecule has 0 aliphatic heterocycles. The molecule has 1 aromatic heterocycles. The molecule has 1 atom stereocenters. The average Bonchev–Trinajstić information content (AvgIpc) is 3.54. The van der Waals surface area contributed by atoms with Gasteiger partial charge in [-0.15, -0.1) is 0 Å². The molecule has 7 nitrogen and oxygen atoms in total. The van der Waals surface area contributed by atoms with E-state index in [-0.39, 0.29) is 12.0 Å². The van der Waals surface area contributed by atoms with Crippen molar-refractivity contribution in [3.05, 3.63) is 107 Å². The molecule has 1 unspecified atom stereocenters. The number of rotatable bonds is 10. The van der Waals surface area contributed by atoms with Gasteiger partial charge in [0.2, 0.25) is 10.0 Å². The summed E-state index contributed by atoms with van der Waals surface area (Å²) in [5, 5.41) is 1.25. The monoisotopic (exact) mass is 543 g/mol. The molecule has 0 amide bonds. The van der Waals surface area contributed by atoms with Crippen LogP contribution in [0.5, 0.6) is 0 Å². The van der Waals surface area contributed by atoms with Gasteiger partial charge in [-0.3, -0.25) is 9.62 Å². The molecule has 5 rings (SSSR count). The number of carbonyl (C=O) groups is 1. The molecule has 1 heterocycles. The Morgan fingerprint density at radius 2 is 1.92 bits per heavy atom. The van der Waals surface area contributed by atoms with E-state index in [2.05, 4.69) is 57.2 Å². The number of para-hydroxylation sites is 1. The number of carbonyl (C=O) groups excluding carboxylic acids is 1. The predicted molar refractivity (Wildman–Crippen MR) is 156 cm³/mol. The van der Waals surface area contributed by atoms with Crippen molar-refractivity contribution in [3.63, 3.8) is 0 Å². The van der Waals surface area contributed by atoms with Crippen molar-refractivity contribution < 1.29 is 17.9 Å². The second-order valence-electron chi connectivity index (χ2n) is 10.0. The number of aromatic amines is 1.